The Bertz CT molecular complexity index is 734. The molecule has 0 unspecified atom stereocenters. The van der Waals surface area contributed by atoms with Gasteiger partial charge >= 0.3 is 5.97 Å². The van der Waals surface area contributed by atoms with E-state index >= 15 is 0 Å². The quantitative estimate of drug-likeness (QED) is 0.720. The van der Waals surface area contributed by atoms with E-state index in [1.165, 1.54) is 24.3 Å². The van der Waals surface area contributed by atoms with Gasteiger partial charge in [0, 0.05) is 10.2 Å². The zero-order chi connectivity index (χ0) is 15.6. The van der Waals surface area contributed by atoms with E-state index in [4.69, 9.17) is 22.4 Å². The first kappa shape index (κ1) is 15.3. The molecule has 0 fully saturated rings. The van der Waals surface area contributed by atoms with Crippen molar-refractivity contribution in [3.8, 4) is 0 Å². The summed E-state index contributed by atoms with van der Waals surface area (Å²) in [5, 5.41) is 11.6. The van der Waals surface area contributed by atoms with Gasteiger partial charge in [-0.15, -0.1) is 0 Å². The van der Waals surface area contributed by atoms with Gasteiger partial charge in [0.1, 0.15) is 0 Å². The van der Waals surface area contributed by atoms with E-state index in [0.29, 0.717) is 21.4 Å². The molecule has 0 aliphatic rings. The monoisotopic (exact) mass is 368 g/mol. The number of hydrogen-bond acceptors (Lipinski definition) is 3. The highest BCUT2D eigenvalue weighted by atomic mass is 79.9. The summed E-state index contributed by atoms with van der Waals surface area (Å²) < 4.78 is 0.590. The number of nitrogens with one attached hydrogen (secondary N) is 1. The molecule has 108 valence electrons. The normalized spacial score (nSPS) is 10.2. The highest BCUT2D eigenvalue weighted by molar-refractivity contribution is 9.10. The zero-order valence-electron chi connectivity index (χ0n) is 10.6. The number of benzene rings is 2. The molecule has 5 nitrogen and oxygen atoms in total. The molecular weight excluding hydrogens is 360 g/mol. The average Bonchev–Trinajstić information content (AvgIpc) is 2.43. The third kappa shape index (κ3) is 3.53. The maximum absolute atomic E-state index is 12.2. The lowest BCUT2D eigenvalue weighted by Crippen LogP contribution is -2.13. The minimum absolute atomic E-state index is 0.0446. The predicted octanol–water partition coefficient (Wildman–Crippen LogP) is 3.64. The molecule has 0 aliphatic heterocycles. The van der Waals surface area contributed by atoms with Gasteiger partial charge in [0.15, 0.2) is 0 Å². The smallest absolute Gasteiger partial charge is 0.335 e. The van der Waals surface area contributed by atoms with Crippen LogP contribution in [0.15, 0.2) is 40.9 Å². The Morgan fingerprint density at radius 2 is 1.90 bits per heavy atom. The third-order valence-electron chi connectivity index (χ3n) is 2.70. The van der Waals surface area contributed by atoms with E-state index in [2.05, 4.69) is 21.2 Å². The van der Waals surface area contributed by atoms with Crippen molar-refractivity contribution in [3.63, 3.8) is 0 Å². The number of carboxylic acid groups (broad SMARTS) is 1. The molecule has 4 N–H and O–H groups in total. The van der Waals surface area contributed by atoms with Crippen LogP contribution in [0.1, 0.15) is 20.7 Å². The SMILES string of the molecule is Nc1ccc(Br)c(C(=O)Nc2ccc(C(=O)O)cc2Cl)c1. The fourth-order valence-corrected chi connectivity index (χ4v) is 2.31. The number of anilines is 2. The van der Waals surface area contributed by atoms with Crippen molar-refractivity contribution in [2.75, 3.05) is 11.1 Å². The van der Waals surface area contributed by atoms with Gasteiger partial charge in [-0.1, -0.05) is 11.6 Å². The summed E-state index contributed by atoms with van der Waals surface area (Å²) in [6, 6.07) is 8.92. The summed E-state index contributed by atoms with van der Waals surface area (Å²) in [6.45, 7) is 0. The van der Waals surface area contributed by atoms with Gasteiger partial charge in [-0.05, 0) is 52.3 Å². The maximum Gasteiger partial charge on any atom is 0.335 e. The van der Waals surface area contributed by atoms with Crippen LogP contribution in [-0.4, -0.2) is 17.0 Å². The molecule has 21 heavy (non-hydrogen) atoms. The number of amides is 1. The van der Waals surface area contributed by atoms with E-state index in [1.807, 2.05) is 0 Å². The van der Waals surface area contributed by atoms with E-state index < -0.39 is 11.9 Å². The molecule has 1 amide bonds. The molecule has 0 spiro atoms. The molecule has 0 saturated heterocycles. The number of nitrogen functional groups attached to an aromatic ring is 1. The zero-order valence-corrected chi connectivity index (χ0v) is 12.9. The lowest BCUT2D eigenvalue weighted by Gasteiger charge is -2.09. The Morgan fingerprint density at radius 1 is 1.19 bits per heavy atom. The second-order valence-electron chi connectivity index (χ2n) is 4.19. The second kappa shape index (κ2) is 6.15. The van der Waals surface area contributed by atoms with Gasteiger partial charge in [-0.3, -0.25) is 4.79 Å². The fourth-order valence-electron chi connectivity index (χ4n) is 1.66. The molecule has 0 saturated carbocycles. The summed E-state index contributed by atoms with van der Waals surface area (Å²) in [4.78, 5) is 23.0. The van der Waals surface area contributed by atoms with Crippen LogP contribution in [0.2, 0.25) is 5.02 Å². The summed E-state index contributed by atoms with van der Waals surface area (Å²) in [7, 11) is 0. The largest absolute Gasteiger partial charge is 0.478 e. The summed E-state index contributed by atoms with van der Waals surface area (Å²) in [5.74, 6) is -1.49. The highest BCUT2D eigenvalue weighted by Gasteiger charge is 2.13. The topological polar surface area (TPSA) is 92.4 Å². The number of hydrogen-bond donors (Lipinski definition) is 3. The molecule has 2 rings (SSSR count). The highest BCUT2D eigenvalue weighted by Crippen LogP contribution is 2.26. The number of carboxylic acids is 1. The molecule has 0 heterocycles. The van der Waals surface area contributed by atoms with Crippen LogP contribution in [0, 0.1) is 0 Å². The van der Waals surface area contributed by atoms with E-state index in [1.54, 1.807) is 12.1 Å². The van der Waals surface area contributed by atoms with E-state index in [9.17, 15) is 9.59 Å². The Balaban J connectivity index is 2.27. The Kier molecular flexibility index (Phi) is 4.50. The van der Waals surface area contributed by atoms with E-state index in [-0.39, 0.29) is 10.6 Å². The van der Waals surface area contributed by atoms with Crippen LogP contribution in [0.25, 0.3) is 0 Å². The molecule has 0 aliphatic carbocycles. The predicted molar refractivity (Wildman–Crippen MR) is 84.9 cm³/mol. The van der Waals surface area contributed by atoms with Crippen molar-refractivity contribution in [2.24, 2.45) is 0 Å². The van der Waals surface area contributed by atoms with Crippen LogP contribution in [0.5, 0.6) is 0 Å². The average molecular weight is 370 g/mol. The molecule has 0 bridgehead atoms. The summed E-state index contributed by atoms with van der Waals surface area (Å²) in [6.07, 6.45) is 0. The van der Waals surface area contributed by atoms with Crippen molar-refractivity contribution in [2.45, 2.75) is 0 Å². The number of carbonyl (C=O) groups excluding carboxylic acids is 1. The van der Waals surface area contributed by atoms with Crippen molar-refractivity contribution >= 4 is 50.8 Å². The fraction of sp³-hybridized carbons (Fsp3) is 0. The van der Waals surface area contributed by atoms with Gasteiger partial charge in [0.25, 0.3) is 5.91 Å². The van der Waals surface area contributed by atoms with Crippen LogP contribution >= 0.6 is 27.5 Å². The minimum atomic E-state index is -1.09. The Labute approximate surface area is 133 Å². The van der Waals surface area contributed by atoms with Crippen LogP contribution in [0.3, 0.4) is 0 Å². The van der Waals surface area contributed by atoms with Crippen molar-refractivity contribution in [3.05, 3.63) is 57.0 Å². The third-order valence-corrected chi connectivity index (χ3v) is 3.70. The first-order valence-corrected chi connectivity index (χ1v) is 6.95. The first-order valence-electron chi connectivity index (χ1n) is 5.77. The molecule has 7 heteroatoms. The van der Waals surface area contributed by atoms with Crippen LogP contribution < -0.4 is 11.1 Å². The lowest BCUT2D eigenvalue weighted by molar-refractivity contribution is 0.0696. The van der Waals surface area contributed by atoms with Gasteiger partial charge < -0.3 is 16.2 Å². The van der Waals surface area contributed by atoms with Gasteiger partial charge in [-0.25, -0.2) is 4.79 Å². The number of halogens is 2. The molecule has 0 atom stereocenters. The lowest BCUT2D eigenvalue weighted by atomic mass is 10.1. The number of nitrogens with two attached hydrogens (primary N) is 1. The van der Waals surface area contributed by atoms with Crippen molar-refractivity contribution < 1.29 is 14.7 Å². The second-order valence-corrected chi connectivity index (χ2v) is 5.45. The van der Waals surface area contributed by atoms with Crippen LogP contribution in [-0.2, 0) is 0 Å². The standard InChI is InChI=1S/C14H10BrClN2O3/c15-10-3-2-8(17)6-9(10)13(19)18-12-4-1-7(14(20)21)5-11(12)16/h1-6H,17H2,(H,18,19)(H,20,21). The molecule has 0 radical (unpaired) electrons. The molecule has 2 aromatic rings. The molecular formula is C14H10BrClN2O3. The van der Waals surface area contributed by atoms with Crippen molar-refractivity contribution in [1.29, 1.82) is 0 Å². The van der Waals surface area contributed by atoms with Crippen LogP contribution in [0.4, 0.5) is 11.4 Å². The van der Waals surface area contributed by atoms with Gasteiger partial charge in [-0.2, -0.15) is 0 Å². The van der Waals surface area contributed by atoms with E-state index in [0.717, 1.165) is 0 Å². The Hall–Kier alpha value is -2.05. The molecule has 0 aromatic heterocycles. The summed E-state index contributed by atoms with van der Waals surface area (Å²) in [5.41, 5.74) is 6.82. The number of rotatable bonds is 3. The summed E-state index contributed by atoms with van der Waals surface area (Å²) >= 11 is 9.23. The maximum atomic E-state index is 12.2. The molecule has 2 aromatic carbocycles. The Morgan fingerprint density at radius 3 is 2.52 bits per heavy atom. The van der Waals surface area contributed by atoms with Gasteiger partial charge in [0.05, 0.1) is 21.8 Å². The number of carbonyl (C=O) groups is 2. The van der Waals surface area contributed by atoms with Crippen molar-refractivity contribution in [1.82, 2.24) is 0 Å². The minimum Gasteiger partial charge on any atom is -0.478 e. The first-order chi connectivity index (χ1) is 9.88. The van der Waals surface area contributed by atoms with Gasteiger partial charge in [0.2, 0.25) is 0 Å². The number of aromatic carboxylic acids is 1.